The molecule has 8 heteroatoms. The van der Waals surface area contributed by atoms with Crippen molar-refractivity contribution in [3.63, 3.8) is 0 Å². The maximum atomic E-state index is 13.3. The topological polar surface area (TPSA) is 98.9 Å². The number of aromatic amines is 1. The number of nitrogens with zero attached hydrogens (tertiary/aromatic N) is 2. The number of benzene rings is 1. The molecule has 0 radical (unpaired) electrons. The molecule has 1 heterocycles. The van der Waals surface area contributed by atoms with Crippen molar-refractivity contribution >= 4 is 11.6 Å². The SMILES string of the molecule is N#Cc1ccc(-n2c(O)c(F)c(=O)[nH]c2=O)cc1Cl. The van der Waals surface area contributed by atoms with Crippen LogP contribution in [0.25, 0.3) is 5.69 Å². The van der Waals surface area contributed by atoms with E-state index in [9.17, 15) is 19.1 Å². The average Bonchev–Trinajstić information content (AvgIpc) is 2.36. The van der Waals surface area contributed by atoms with Gasteiger partial charge in [0.1, 0.15) is 6.07 Å². The van der Waals surface area contributed by atoms with Gasteiger partial charge in [0, 0.05) is 0 Å². The first kappa shape index (κ1) is 12.9. The fraction of sp³-hybridized carbons (Fsp3) is 0. The van der Waals surface area contributed by atoms with E-state index in [1.165, 1.54) is 18.2 Å². The number of aromatic hydroxyl groups is 1. The monoisotopic (exact) mass is 281 g/mol. The van der Waals surface area contributed by atoms with Crippen molar-refractivity contribution < 1.29 is 9.50 Å². The molecule has 96 valence electrons. The number of H-pyrrole nitrogens is 1. The number of aromatic nitrogens is 2. The van der Waals surface area contributed by atoms with Crippen molar-refractivity contribution in [3.05, 3.63) is 55.4 Å². The summed E-state index contributed by atoms with van der Waals surface area (Å²) in [5, 5.41) is 18.2. The molecule has 0 unspecified atom stereocenters. The predicted octanol–water partition coefficient (Wildman–Crippen LogP) is 0.896. The van der Waals surface area contributed by atoms with Crippen molar-refractivity contribution in [2.75, 3.05) is 0 Å². The Hall–Kier alpha value is -2.59. The van der Waals surface area contributed by atoms with E-state index in [1.54, 1.807) is 4.98 Å². The summed E-state index contributed by atoms with van der Waals surface area (Å²) in [6, 6.07) is 5.58. The van der Waals surface area contributed by atoms with Gasteiger partial charge in [-0.1, -0.05) is 11.6 Å². The average molecular weight is 282 g/mol. The van der Waals surface area contributed by atoms with Crippen LogP contribution in [0.4, 0.5) is 4.39 Å². The Labute approximate surface area is 109 Å². The molecule has 0 saturated heterocycles. The van der Waals surface area contributed by atoms with E-state index in [2.05, 4.69) is 0 Å². The lowest BCUT2D eigenvalue weighted by Gasteiger charge is -2.08. The molecule has 19 heavy (non-hydrogen) atoms. The minimum Gasteiger partial charge on any atom is -0.492 e. The quantitative estimate of drug-likeness (QED) is 0.811. The summed E-state index contributed by atoms with van der Waals surface area (Å²) in [6.07, 6.45) is 0. The second-order valence-electron chi connectivity index (χ2n) is 3.51. The highest BCUT2D eigenvalue weighted by Gasteiger charge is 2.15. The van der Waals surface area contributed by atoms with E-state index in [-0.39, 0.29) is 16.3 Å². The molecule has 0 aliphatic rings. The van der Waals surface area contributed by atoms with Gasteiger partial charge >= 0.3 is 5.69 Å². The van der Waals surface area contributed by atoms with E-state index in [4.69, 9.17) is 16.9 Å². The minimum atomic E-state index is -1.49. The van der Waals surface area contributed by atoms with Crippen molar-refractivity contribution in [1.82, 2.24) is 9.55 Å². The number of hydrogen-bond acceptors (Lipinski definition) is 4. The summed E-state index contributed by atoms with van der Waals surface area (Å²) in [6.45, 7) is 0. The van der Waals surface area contributed by atoms with E-state index in [0.717, 1.165) is 0 Å². The third-order valence-corrected chi connectivity index (χ3v) is 2.68. The zero-order valence-electron chi connectivity index (χ0n) is 9.15. The van der Waals surface area contributed by atoms with Gasteiger partial charge in [-0.3, -0.25) is 9.78 Å². The van der Waals surface area contributed by atoms with Crippen LogP contribution in [0.1, 0.15) is 5.56 Å². The maximum Gasteiger partial charge on any atom is 0.335 e. The van der Waals surface area contributed by atoms with Crippen molar-refractivity contribution in [3.8, 4) is 17.6 Å². The van der Waals surface area contributed by atoms with Gasteiger partial charge in [0.05, 0.1) is 16.3 Å². The summed E-state index contributed by atoms with van der Waals surface area (Å²) in [7, 11) is 0. The molecule has 0 saturated carbocycles. The Balaban J connectivity index is 2.77. The predicted molar refractivity (Wildman–Crippen MR) is 64.0 cm³/mol. The largest absolute Gasteiger partial charge is 0.492 e. The molecular weight excluding hydrogens is 277 g/mol. The molecule has 2 aromatic rings. The number of nitriles is 1. The van der Waals surface area contributed by atoms with E-state index in [1.807, 2.05) is 6.07 Å². The van der Waals surface area contributed by atoms with Crippen LogP contribution >= 0.6 is 11.6 Å². The molecule has 1 aromatic heterocycles. The number of hydrogen-bond donors (Lipinski definition) is 2. The molecule has 0 aliphatic carbocycles. The molecule has 0 spiro atoms. The van der Waals surface area contributed by atoms with Crippen LogP contribution in [0, 0.1) is 17.1 Å². The fourth-order valence-corrected chi connectivity index (χ4v) is 1.69. The van der Waals surface area contributed by atoms with Crippen molar-refractivity contribution in [1.29, 1.82) is 5.26 Å². The summed E-state index contributed by atoms with van der Waals surface area (Å²) in [5.74, 6) is -2.62. The zero-order valence-corrected chi connectivity index (χ0v) is 9.90. The Bertz CT molecular complexity index is 819. The molecule has 2 N–H and O–H groups in total. The summed E-state index contributed by atoms with van der Waals surface area (Å²) < 4.78 is 13.8. The van der Waals surface area contributed by atoms with E-state index in [0.29, 0.717) is 4.57 Å². The van der Waals surface area contributed by atoms with Crippen LogP contribution in [-0.2, 0) is 0 Å². The first-order valence-corrected chi connectivity index (χ1v) is 5.27. The minimum absolute atomic E-state index is 0.0154. The molecule has 0 fully saturated rings. The molecule has 2 rings (SSSR count). The van der Waals surface area contributed by atoms with E-state index >= 15 is 0 Å². The second kappa shape index (κ2) is 4.59. The van der Waals surface area contributed by atoms with Crippen molar-refractivity contribution in [2.24, 2.45) is 0 Å². The zero-order chi connectivity index (χ0) is 14.2. The number of nitrogens with one attached hydrogen (secondary N) is 1. The van der Waals surface area contributed by atoms with Gasteiger partial charge in [0.2, 0.25) is 11.7 Å². The molecule has 0 atom stereocenters. The van der Waals surface area contributed by atoms with E-state index < -0.39 is 22.9 Å². The first-order valence-electron chi connectivity index (χ1n) is 4.89. The van der Waals surface area contributed by atoms with Crippen LogP contribution in [0.2, 0.25) is 5.02 Å². The molecule has 1 aromatic carbocycles. The smallest absolute Gasteiger partial charge is 0.335 e. The molecule has 0 bridgehead atoms. The van der Waals surface area contributed by atoms with Gasteiger partial charge in [0.15, 0.2) is 0 Å². The second-order valence-corrected chi connectivity index (χ2v) is 3.92. The Morgan fingerprint density at radius 1 is 1.42 bits per heavy atom. The lowest BCUT2D eigenvalue weighted by atomic mass is 10.2. The standard InChI is InChI=1S/C11H5ClFN3O3/c12-7-3-6(2-1-5(7)4-14)16-10(18)8(13)9(17)15-11(16)19/h1-3,18H,(H,15,17,19). The normalized spacial score (nSPS) is 10.2. The maximum absolute atomic E-state index is 13.3. The third-order valence-electron chi connectivity index (χ3n) is 2.36. The summed E-state index contributed by atoms with van der Waals surface area (Å²) in [4.78, 5) is 24.2. The van der Waals surface area contributed by atoms with Gasteiger partial charge in [-0.15, -0.1) is 0 Å². The highest BCUT2D eigenvalue weighted by atomic mass is 35.5. The Morgan fingerprint density at radius 3 is 2.68 bits per heavy atom. The number of rotatable bonds is 1. The van der Waals surface area contributed by atoms with Gasteiger partial charge < -0.3 is 5.11 Å². The van der Waals surface area contributed by atoms with Gasteiger partial charge in [-0.05, 0) is 18.2 Å². The molecule has 6 nitrogen and oxygen atoms in total. The highest BCUT2D eigenvalue weighted by molar-refractivity contribution is 6.31. The third kappa shape index (κ3) is 2.09. The highest BCUT2D eigenvalue weighted by Crippen LogP contribution is 2.21. The lowest BCUT2D eigenvalue weighted by molar-refractivity contribution is 0.386. The van der Waals surface area contributed by atoms with Crippen LogP contribution in [0.5, 0.6) is 5.88 Å². The van der Waals surface area contributed by atoms with Crippen LogP contribution < -0.4 is 11.2 Å². The van der Waals surface area contributed by atoms with Crippen LogP contribution in [0.3, 0.4) is 0 Å². The Morgan fingerprint density at radius 2 is 2.11 bits per heavy atom. The lowest BCUT2D eigenvalue weighted by Crippen LogP contribution is -2.30. The van der Waals surface area contributed by atoms with Crippen LogP contribution in [0.15, 0.2) is 27.8 Å². The molecular formula is C11H5ClFN3O3. The summed E-state index contributed by atoms with van der Waals surface area (Å²) >= 11 is 5.77. The van der Waals surface area contributed by atoms with Gasteiger partial charge in [-0.25, -0.2) is 9.36 Å². The number of halogens is 2. The summed E-state index contributed by atoms with van der Waals surface area (Å²) in [5.41, 5.74) is -2.17. The first-order chi connectivity index (χ1) is 8.95. The molecule has 0 aliphatic heterocycles. The Kier molecular flexibility index (Phi) is 3.10. The fourth-order valence-electron chi connectivity index (χ4n) is 1.48. The molecule has 0 amide bonds. The van der Waals surface area contributed by atoms with Gasteiger partial charge in [0.25, 0.3) is 5.56 Å². The van der Waals surface area contributed by atoms with Crippen LogP contribution in [-0.4, -0.2) is 14.7 Å². The van der Waals surface area contributed by atoms with Gasteiger partial charge in [-0.2, -0.15) is 9.65 Å². The van der Waals surface area contributed by atoms with Crippen molar-refractivity contribution in [2.45, 2.75) is 0 Å².